The zero-order chi connectivity index (χ0) is 17.6. The average Bonchev–Trinajstić information content (AvgIpc) is 2.60. The molecule has 1 aromatic carbocycles. The van der Waals surface area contributed by atoms with E-state index in [-0.39, 0.29) is 0 Å². The molecular formula is C19H14N4O. The molecule has 0 aromatic heterocycles. The number of nitriles is 4. The molecule has 1 aromatic rings. The Morgan fingerprint density at radius 1 is 0.958 bits per heavy atom. The first-order valence-corrected chi connectivity index (χ1v) is 7.52. The fraction of sp³-hybridized carbons (Fsp3) is 0.368. The van der Waals surface area contributed by atoms with Crippen LogP contribution < -0.4 is 0 Å². The monoisotopic (exact) mass is 314 g/mol. The minimum Gasteiger partial charge on any atom is -0.360 e. The van der Waals surface area contributed by atoms with Crippen LogP contribution in [0, 0.1) is 62.1 Å². The third-order valence-electron chi connectivity index (χ3n) is 5.29. The van der Waals surface area contributed by atoms with Gasteiger partial charge in [-0.25, -0.2) is 0 Å². The summed E-state index contributed by atoms with van der Waals surface area (Å²) in [5, 5.41) is 39.4. The van der Waals surface area contributed by atoms with Gasteiger partial charge in [0.1, 0.15) is 5.60 Å². The van der Waals surface area contributed by atoms with Gasteiger partial charge in [0.15, 0.2) is 5.41 Å². The lowest BCUT2D eigenvalue weighted by molar-refractivity contribution is -0.203. The van der Waals surface area contributed by atoms with E-state index in [1.165, 1.54) is 0 Å². The molecule has 1 aliphatic carbocycles. The van der Waals surface area contributed by atoms with Gasteiger partial charge in [0.25, 0.3) is 0 Å². The molecule has 1 saturated heterocycles. The molecule has 2 heterocycles. The van der Waals surface area contributed by atoms with Gasteiger partial charge in [-0.15, -0.1) is 0 Å². The minimum absolute atomic E-state index is 0.560. The third kappa shape index (κ3) is 1.53. The van der Waals surface area contributed by atoms with Crippen molar-refractivity contribution < 1.29 is 4.74 Å². The van der Waals surface area contributed by atoms with Gasteiger partial charge in [0, 0.05) is 5.92 Å². The molecule has 2 aliphatic heterocycles. The van der Waals surface area contributed by atoms with Crippen molar-refractivity contribution >= 4 is 0 Å². The van der Waals surface area contributed by atoms with E-state index in [9.17, 15) is 21.0 Å². The Hall–Kier alpha value is -3.12. The van der Waals surface area contributed by atoms with Crippen molar-refractivity contribution in [1.29, 1.82) is 21.0 Å². The van der Waals surface area contributed by atoms with Crippen LogP contribution in [0.4, 0.5) is 0 Å². The van der Waals surface area contributed by atoms with E-state index < -0.39 is 28.5 Å². The van der Waals surface area contributed by atoms with Crippen LogP contribution in [0.15, 0.2) is 42.0 Å². The van der Waals surface area contributed by atoms with Crippen LogP contribution in [0.1, 0.15) is 25.5 Å². The van der Waals surface area contributed by atoms with E-state index in [0.29, 0.717) is 0 Å². The number of benzene rings is 1. The van der Waals surface area contributed by atoms with Gasteiger partial charge in [-0.05, 0) is 19.4 Å². The molecule has 1 fully saturated rings. The quantitative estimate of drug-likeness (QED) is 0.740. The maximum Gasteiger partial charge on any atom is 0.207 e. The molecule has 5 heteroatoms. The number of hydrogen-bond acceptors (Lipinski definition) is 5. The summed E-state index contributed by atoms with van der Waals surface area (Å²) in [7, 11) is 0. The van der Waals surface area contributed by atoms with E-state index in [1.807, 2.05) is 61.5 Å². The third-order valence-corrected chi connectivity index (χ3v) is 5.29. The number of nitrogens with zero attached hydrogens (tertiary/aromatic N) is 4. The molecule has 3 aliphatic rings. The lowest BCUT2D eigenvalue weighted by atomic mass is 9.45. The van der Waals surface area contributed by atoms with Gasteiger partial charge in [-0.3, -0.25) is 0 Å². The normalized spacial score (nSPS) is 31.7. The summed E-state index contributed by atoms with van der Waals surface area (Å²) in [6.45, 7) is 3.43. The van der Waals surface area contributed by atoms with Crippen LogP contribution in [0.5, 0.6) is 0 Å². The van der Waals surface area contributed by atoms with Crippen molar-refractivity contribution in [1.82, 2.24) is 0 Å². The summed E-state index contributed by atoms with van der Waals surface area (Å²) in [6.07, 6.45) is 1.16. The lowest BCUT2D eigenvalue weighted by Gasteiger charge is -2.58. The Morgan fingerprint density at radius 3 is 2.04 bits per heavy atom. The van der Waals surface area contributed by atoms with Crippen molar-refractivity contribution in [2.24, 2.45) is 16.7 Å². The van der Waals surface area contributed by atoms with Crippen LogP contribution in [-0.4, -0.2) is 5.60 Å². The molecule has 0 unspecified atom stereocenters. The summed E-state index contributed by atoms with van der Waals surface area (Å²) >= 11 is 0. The van der Waals surface area contributed by atoms with Gasteiger partial charge in [-0.1, -0.05) is 42.0 Å². The molecule has 3 atom stereocenters. The van der Waals surface area contributed by atoms with Crippen LogP contribution in [0.25, 0.3) is 0 Å². The highest BCUT2D eigenvalue weighted by atomic mass is 16.5. The van der Waals surface area contributed by atoms with Crippen molar-refractivity contribution in [2.75, 3.05) is 0 Å². The zero-order valence-corrected chi connectivity index (χ0v) is 13.3. The fourth-order valence-corrected chi connectivity index (χ4v) is 4.18. The van der Waals surface area contributed by atoms with Crippen LogP contribution >= 0.6 is 0 Å². The SMILES string of the molecule is CC1=C[C@@]2(C)O[C@H](c3ccccc3)[C@H]1C(C#N)(C#N)C2(C#N)C#N. The fourth-order valence-electron chi connectivity index (χ4n) is 4.18. The topological polar surface area (TPSA) is 104 Å². The number of fused-ring (bicyclic) bond motifs is 2. The van der Waals surface area contributed by atoms with E-state index >= 15 is 0 Å². The van der Waals surface area contributed by atoms with Gasteiger partial charge < -0.3 is 4.74 Å². The van der Waals surface area contributed by atoms with Gasteiger partial charge in [-0.2, -0.15) is 21.0 Å². The number of ether oxygens (including phenoxy) is 1. The molecule has 0 N–H and O–H groups in total. The first-order valence-electron chi connectivity index (χ1n) is 7.52. The van der Waals surface area contributed by atoms with E-state index in [4.69, 9.17) is 4.74 Å². The highest BCUT2D eigenvalue weighted by Gasteiger charge is 2.75. The predicted octanol–water partition coefficient (Wildman–Crippen LogP) is 3.16. The Balaban J connectivity index is 2.35. The molecular weight excluding hydrogens is 300 g/mol. The highest BCUT2D eigenvalue weighted by molar-refractivity contribution is 5.51. The van der Waals surface area contributed by atoms with E-state index in [0.717, 1.165) is 11.1 Å². The molecule has 0 saturated carbocycles. The lowest BCUT2D eigenvalue weighted by Crippen LogP contribution is -2.66. The second kappa shape index (κ2) is 4.94. The summed E-state index contributed by atoms with van der Waals surface area (Å²) in [5.41, 5.74) is -3.43. The molecule has 5 nitrogen and oxygen atoms in total. The first-order chi connectivity index (χ1) is 11.4. The Labute approximate surface area is 140 Å². The summed E-state index contributed by atoms with van der Waals surface area (Å²) in [6, 6.07) is 17.2. The van der Waals surface area contributed by atoms with E-state index in [2.05, 4.69) is 0 Å². The molecule has 24 heavy (non-hydrogen) atoms. The maximum atomic E-state index is 9.90. The van der Waals surface area contributed by atoms with Crippen LogP contribution in [-0.2, 0) is 4.74 Å². The van der Waals surface area contributed by atoms with Crippen molar-refractivity contribution in [2.45, 2.75) is 25.6 Å². The van der Waals surface area contributed by atoms with Gasteiger partial charge in [0.05, 0.1) is 30.4 Å². The van der Waals surface area contributed by atoms with Gasteiger partial charge >= 0.3 is 0 Å². The largest absolute Gasteiger partial charge is 0.360 e. The molecule has 0 radical (unpaired) electrons. The Morgan fingerprint density at radius 2 is 1.54 bits per heavy atom. The second-order valence-electron chi connectivity index (χ2n) is 6.43. The standard InChI is InChI=1S/C19H14N4O/c1-13-8-17(2)19(11-22,12-23)18(9-20,10-21)15(13)16(24-17)14-6-4-3-5-7-14/h3-8,15-16H,1-2H3/t15-,16+,17+/m0/s1. The maximum absolute atomic E-state index is 9.90. The van der Waals surface area contributed by atoms with Gasteiger partial charge in [0.2, 0.25) is 5.41 Å². The predicted molar refractivity (Wildman–Crippen MR) is 83.2 cm³/mol. The number of rotatable bonds is 1. The van der Waals surface area contributed by atoms with Crippen molar-refractivity contribution in [3.05, 3.63) is 47.5 Å². The van der Waals surface area contributed by atoms with Crippen LogP contribution in [0.3, 0.4) is 0 Å². The smallest absolute Gasteiger partial charge is 0.207 e. The molecule has 2 bridgehead atoms. The van der Waals surface area contributed by atoms with E-state index in [1.54, 1.807) is 13.0 Å². The summed E-state index contributed by atoms with van der Waals surface area (Å²) < 4.78 is 6.16. The first kappa shape index (κ1) is 15.8. The molecule has 0 spiro atoms. The average molecular weight is 314 g/mol. The Bertz CT molecular complexity index is 863. The van der Waals surface area contributed by atoms with Crippen LogP contribution in [0.2, 0.25) is 0 Å². The highest BCUT2D eigenvalue weighted by Crippen LogP contribution is 2.66. The molecule has 4 rings (SSSR count). The van der Waals surface area contributed by atoms with Crippen molar-refractivity contribution in [3.8, 4) is 24.3 Å². The molecule has 0 amide bonds. The summed E-state index contributed by atoms with van der Waals surface area (Å²) in [5.74, 6) is -0.684. The Kier molecular flexibility index (Phi) is 3.24. The summed E-state index contributed by atoms with van der Waals surface area (Å²) in [4.78, 5) is 0. The minimum atomic E-state index is -1.89. The number of hydrogen-bond donors (Lipinski definition) is 0. The molecule has 116 valence electrons. The second-order valence-corrected chi connectivity index (χ2v) is 6.43. The zero-order valence-electron chi connectivity index (χ0n) is 13.3. The van der Waals surface area contributed by atoms with Crippen molar-refractivity contribution in [3.63, 3.8) is 0 Å².